The molecular weight excluding hydrogens is 250 g/mol. The molecule has 0 bridgehead atoms. The maximum absolute atomic E-state index is 9.52. The number of nitrogens with one attached hydrogen (secondary N) is 1. The lowest BCUT2D eigenvalue weighted by atomic mass is 9.97. The van der Waals surface area contributed by atoms with Crippen molar-refractivity contribution < 1.29 is 4.74 Å². The van der Waals surface area contributed by atoms with Crippen LogP contribution >= 0.6 is 0 Å². The van der Waals surface area contributed by atoms with Crippen molar-refractivity contribution >= 4 is 0 Å². The fourth-order valence-corrected chi connectivity index (χ4v) is 3.55. The second kappa shape index (κ2) is 7.40. The van der Waals surface area contributed by atoms with Crippen molar-refractivity contribution in [3.63, 3.8) is 0 Å². The van der Waals surface area contributed by atoms with Crippen molar-refractivity contribution in [2.45, 2.75) is 57.0 Å². The van der Waals surface area contributed by atoms with Crippen LogP contribution in [0.4, 0.5) is 0 Å². The van der Waals surface area contributed by atoms with E-state index in [4.69, 9.17) is 4.74 Å². The van der Waals surface area contributed by atoms with Crippen LogP contribution in [-0.4, -0.2) is 49.8 Å². The van der Waals surface area contributed by atoms with Gasteiger partial charge in [-0.1, -0.05) is 6.92 Å². The molecule has 1 N–H and O–H groups in total. The Balaban J connectivity index is 1.82. The third kappa shape index (κ3) is 3.94. The van der Waals surface area contributed by atoms with Gasteiger partial charge in [0.05, 0.1) is 6.07 Å². The minimum atomic E-state index is -0.273. The van der Waals surface area contributed by atoms with Crippen molar-refractivity contribution in [3.05, 3.63) is 0 Å². The zero-order valence-corrected chi connectivity index (χ0v) is 13.0. The van der Waals surface area contributed by atoms with E-state index in [0.29, 0.717) is 6.04 Å². The van der Waals surface area contributed by atoms with Crippen LogP contribution in [0.15, 0.2) is 0 Å². The molecule has 1 saturated carbocycles. The van der Waals surface area contributed by atoms with Crippen molar-refractivity contribution in [3.8, 4) is 6.07 Å². The molecule has 0 aromatic heterocycles. The highest BCUT2D eigenvalue weighted by atomic mass is 16.5. The summed E-state index contributed by atoms with van der Waals surface area (Å²) in [7, 11) is 2.23. The lowest BCUT2D eigenvalue weighted by Crippen LogP contribution is -2.44. The summed E-state index contributed by atoms with van der Waals surface area (Å²) in [4.78, 5) is 2.49. The minimum Gasteiger partial charge on any atom is -0.381 e. The zero-order chi connectivity index (χ0) is 14.4. The van der Waals surface area contributed by atoms with E-state index in [1.165, 1.54) is 12.8 Å². The molecular formula is C16H29N3O. The van der Waals surface area contributed by atoms with Crippen LogP contribution in [0.25, 0.3) is 0 Å². The van der Waals surface area contributed by atoms with Gasteiger partial charge in [0.1, 0.15) is 5.54 Å². The molecule has 0 aromatic rings. The first kappa shape index (κ1) is 15.8. The maximum atomic E-state index is 9.52. The smallest absolute Gasteiger partial charge is 0.108 e. The van der Waals surface area contributed by atoms with Gasteiger partial charge in [0.15, 0.2) is 0 Å². The van der Waals surface area contributed by atoms with E-state index in [-0.39, 0.29) is 5.54 Å². The van der Waals surface area contributed by atoms with Gasteiger partial charge in [-0.25, -0.2) is 0 Å². The number of rotatable bonds is 6. The van der Waals surface area contributed by atoms with Crippen LogP contribution in [0.3, 0.4) is 0 Å². The van der Waals surface area contributed by atoms with E-state index >= 15 is 0 Å². The van der Waals surface area contributed by atoms with Gasteiger partial charge in [0.25, 0.3) is 0 Å². The first-order chi connectivity index (χ1) is 9.69. The van der Waals surface area contributed by atoms with Gasteiger partial charge >= 0.3 is 0 Å². The molecule has 4 heteroatoms. The molecule has 1 saturated heterocycles. The van der Waals surface area contributed by atoms with Crippen molar-refractivity contribution in [1.29, 1.82) is 5.26 Å². The summed E-state index contributed by atoms with van der Waals surface area (Å²) in [6.07, 6.45) is 6.58. The van der Waals surface area contributed by atoms with Crippen LogP contribution in [-0.2, 0) is 4.74 Å². The Morgan fingerprint density at radius 3 is 2.75 bits per heavy atom. The summed E-state index contributed by atoms with van der Waals surface area (Å²) < 4.78 is 5.43. The standard InChI is InChI=1S/C16H29N3O/c1-3-8-18-16(13-17)7-4-15(11-16)19(2)12-14-5-9-20-10-6-14/h14-15,18H,3-12H2,1-2H3. The van der Waals surface area contributed by atoms with Gasteiger partial charge < -0.3 is 9.64 Å². The van der Waals surface area contributed by atoms with Gasteiger partial charge in [-0.3, -0.25) is 5.32 Å². The quantitative estimate of drug-likeness (QED) is 0.809. The van der Waals surface area contributed by atoms with Crippen LogP contribution in [0, 0.1) is 17.2 Å². The highest BCUT2D eigenvalue weighted by Gasteiger charge is 2.40. The molecule has 2 atom stereocenters. The number of nitrogens with zero attached hydrogens (tertiary/aromatic N) is 2. The Labute approximate surface area is 123 Å². The molecule has 2 rings (SSSR count). The van der Waals surface area contributed by atoms with Gasteiger partial charge in [-0.2, -0.15) is 5.26 Å². The molecule has 0 aromatic carbocycles. The Morgan fingerprint density at radius 2 is 2.10 bits per heavy atom. The summed E-state index contributed by atoms with van der Waals surface area (Å²) in [6, 6.07) is 3.10. The number of hydrogen-bond donors (Lipinski definition) is 1. The van der Waals surface area contributed by atoms with Crippen molar-refractivity contribution in [2.75, 3.05) is 33.4 Å². The van der Waals surface area contributed by atoms with E-state index < -0.39 is 0 Å². The van der Waals surface area contributed by atoms with Crippen LogP contribution in [0.5, 0.6) is 0 Å². The van der Waals surface area contributed by atoms with E-state index in [1.807, 2.05) is 0 Å². The van der Waals surface area contributed by atoms with Crippen molar-refractivity contribution in [1.82, 2.24) is 10.2 Å². The van der Waals surface area contributed by atoms with Crippen LogP contribution in [0.1, 0.15) is 45.4 Å². The second-order valence-corrected chi connectivity index (χ2v) is 6.51. The number of ether oxygens (including phenoxy) is 1. The van der Waals surface area contributed by atoms with E-state index in [9.17, 15) is 5.26 Å². The normalized spacial score (nSPS) is 31.6. The van der Waals surface area contributed by atoms with Crippen LogP contribution in [0.2, 0.25) is 0 Å². The topological polar surface area (TPSA) is 48.3 Å². The lowest BCUT2D eigenvalue weighted by molar-refractivity contribution is 0.0503. The van der Waals surface area contributed by atoms with E-state index in [1.54, 1.807) is 0 Å². The number of nitriles is 1. The fraction of sp³-hybridized carbons (Fsp3) is 0.938. The highest BCUT2D eigenvalue weighted by molar-refractivity contribution is 5.13. The third-order valence-corrected chi connectivity index (χ3v) is 4.93. The molecule has 0 radical (unpaired) electrons. The summed E-state index contributed by atoms with van der Waals surface area (Å²) in [5, 5.41) is 13.0. The fourth-order valence-electron chi connectivity index (χ4n) is 3.55. The Morgan fingerprint density at radius 1 is 1.35 bits per heavy atom. The summed E-state index contributed by atoms with van der Waals surface area (Å²) >= 11 is 0. The Hall–Kier alpha value is -0.630. The van der Waals surface area contributed by atoms with E-state index in [0.717, 1.165) is 57.9 Å². The highest BCUT2D eigenvalue weighted by Crippen LogP contribution is 2.33. The molecule has 0 spiro atoms. The molecule has 2 fully saturated rings. The molecule has 1 aliphatic heterocycles. The molecule has 114 valence electrons. The van der Waals surface area contributed by atoms with Gasteiger partial charge in [-0.05, 0) is 58.0 Å². The third-order valence-electron chi connectivity index (χ3n) is 4.93. The molecule has 20 heavy (non-hydrogen) atoms. The molecule has 4 nitrogen and oxygen atoms in total. The Bertz CT molecular complexity index is 335. The first-order valence-corrected chi connectivity index (χ1v) is 8.13. The summed E-state index contributed by atoms with van der Waals surface area (Å²) in [5.74, 6) is 0.773. The second-order valence-electron chi connectivity index (χ2n) is 6.51. The Kier molecular flexibility index (Phi) is 5.83. The van der Waals surface area contributed by atoms with Crippen molar-refractivity contribution in [2.24, 2.45) is 5.92 Å². The molecule has 1 aliphatic carbocycles. The monoisotopic (exact) mass is 279 g/mol. The van der Waals surface area contributed by atoms with E-state index in [2.05, 4.69) is 30.3 Å². The average Bonchev–Trinajstić information content (AvgIpc) is 2.91. The largest absolute Gasteiger partial charge is 0.381 e. The number of hydrogen-bond acceptors (Lipinski definition) is 4. The van der Waals surface area contributed by atoms with Gasteiger partial charge in [0, 0.05) is 25.8 Å². The zero-order valence-electron chi connectivity index (χ0n) is 13.0. The maximum Gasteiger partial charge on any atom is 0.108 e. The lowest BCUT2D eigenvalue weighted by Gasteiger charge is -2.31. The predicted molar refractivity (Wildman–Crippen MR) is 80.4 cm³/mol. The molecule has 2 unspecified atom stereocenters. The first-order valence-electron chi connectivity index (χ1n) is 8.13. The van der Waals surface area contributed by atoms with Gasteiger partial charge in [0.2, 0.25) is 0 Å². The molecule has 0 amide bonds. The van der Waals surface area contributed by atoms with Gasteiger partial charge in [-0.15, -0.1) is 0 Å². The molecule has 2 aliphatic rings. The van der Waals surface area contributed by atoms with Crippen LogP contribution < -0.4 is 5.32 Å². The predicted octanol–water partition coefficient (Wildman–Crippen LogP) is 2.16. The summed E-state index contributed by atoms with van der Waals surface area (Å²) in [5.41, 5.74) is -0.273. The molecule has 1 heterocycles. The average molecular weight is 279 g/mol. The summed E-state index contributed by atoms with van der Waals surface area (Å²) in [6.45, 7) is 6.10. The minimum absolute atomic E-state index is 0.273. The SMILES string of the molecule is CCCNC1(C#N)CCC(N(C)CC2CCOCC2)C1.